The van der Waals surface area contributed by atoms with Gasteiger partial charge in [-0.05, 0) is 50.4 Å². The van der Waals surface area contributed by atoms with Gasteiger partial charge in [-0.15, -0.1) is 0 Å². The van der Waals surface area contributed by atoms with E-state index in [1.807, 2.05) is 0 Å². The number of halogens is 3. The third-order valence-electron chi connectivity index (χ3n) is 4.00. The third-order valence-corrected chi connectivity index (χ3v) is 4.67. The normalized spacial score (nSPS) is 11.8. The second kappa shape index (κ2) is 9.98. The van der Waals surface area contributed by atoms with Gasteiger partial charge in [0.25, 0.3) is 0 Å². The van der Waals surface area contributed by atoms with Gasteiger partial charge in [-0.3, -0.25) is 14.5 Å². The van der Waals surface area contributed by atoms with Crippen molar-refractivity contribution in [2.75, 3.05) is 31.3 Å². The Kier molecular flexibility index (Phi) is 7.95. The lowest BCUT2D eigenvalue weighted by Crippen LogP contribution is -2.43. The van der Waals surface area contributed by atoms with Crippen molar-refractivity contribution in [2.45, 2.75) is 13.0 Å². The van der Waals surface area contributed by atoms with E-state index >= 15 is 0 Å². The summed E-state index contributed by atoms with van der Waals surface area (Å²) < 4.78 is 5.20. The van der Waals surface area contributed by atoms with Crippen LogP contribution in [0.25, 0.3) is 0 Å². The van der Waals surface area contributed by atoms with Crippen molar-refractivity contribution in [3.05, 3.63) is 51.5 Å². The zero-order valence-corrected chi connectivity index (χ0v) is 17.8. The molecule has 1 atom stereocenters. The standard InChI is InChI=1S/C19H20Cl3N3O3/c1-11(19(27)23-15-7-13(21)6-14(22)8-15)25(2)10-18(26)24-16-9-12(20)4-5-17(16)28-3/h4-9,11H,10H2,1-3H3,(H,23,27)(H,24,26). The monoisotopic (exact) mass is 443 g/mol. The molecule has 0 aliphatic carbocycles. The fourth-order valence-electron chi connectivity index (χ4n) is 2.40. The van der Waals surface area contributed by atoms with Crippen LogP contribution in [0.15, 0.2) is 36.4 Å². The molecule has 0 radical (unpaired) electrons. The van der Waals surface area contributed by atoms with E-state index in [9.17, 15) is 9.59 Å². The molecule has 6 nitrogen and oxygen atoms in total. The summed E-state index contributed by atoms with van der Waals surface area (Å²) in [6, 6.07) is 9.10. The summed E-state index contributed by atoms with van der Waals surface area (Å²) in [5.41, 5.74) is 0.940. The molecule has 28 heavy (non-hydrogen) atoms. The van der Waals surface area contributed by atoms with Crippen molar-refractivity contribution in [3.63, 3.8) is 0 Å². The number of anilines is 2. The molecule has 1 unspecified atom stereocenters. The van der Waals surface area contributed by atoms with E-state index in [1.54, 1.807) is 55.3 Å². The van der Waals surface area contributed by atoms with Crippen molar-refractivity contribution in [3.8, 4) is 5.75 Å². The van der Waals surface area contributed by atoms with Gasteiger partial charge in [0.05, 0.1) is 25.4 Å². The molecule has 0 aliphatic rings. The van der Waals surface area contributed by atoms with Crippen molar-refractivity contribution < 1.29 is 14.3 Å². The Morgan fingerprint density at radius 3 is 2.29 bits per heavy atom. The number of carbonyl (C=O) groups is 2. The Labute approximate surface area is 178 Å². The number of carbonyl (C=O) groups excluding carboxylic acids is 2. The zero-order valence-electron chi connectivity index (χ0n) is 15.6. The molecule has 150 valence electrons. The van der Waals surface area contributed by atoms with Crippen molar-refractivity contribution >= 4 is 58.0 Å². The highest BCUT2D eigenvalue weighted by atomic mass is 35.5. The highest BCUT2D eigenvalue weighted by Gasteiger charge is 2.21. The van der Waals surface area contributed by atoms with Crippen molar-refractivity contribution in [2.24, 2.45) is 0 Å². The number of nitrogens with zero attached hydrogens (tertiary/aromatic N) is 1. The van der Waals surface area contributed by atoms with E-state index in [0.717, 1.165) is 0 Å². The number of benzene rings is 2. The van der Waals surface area contributed by atoms with E-state index < -0.39 is 6.04 Å². The minimum absolute atomic E-state index is 0.0133. The summed E-state index contributed by atoms with van der Waals surface area (Å²) >= 11 is 17.8. The van der Waals surface area contributed by atoms with Gasteiger partial charge >= 0.3 is 0 Å². The van der Waals surface area contributed by atoms with Crippen LogP contribution in [0.5, 0.6) is 5.75 Å². The fraction of sp³-hybridized carbons (Fsp3) is 0.263. The van der Waals surface area contributed by atoms with Gasteiger partial charge in [0, 0.05) is 20.8 Å². The maximum atomic E-state index is 12.5. The molecule has 2 aromatic carbocycles. The second-order valence-electron chi connectivity index (χ2n) is 6.13. The number of hydrogen-bond acceptors (Lipinski definition) is 4. The van der Waals surface area contributed by atoms with E-state index in [0.29, 0.717) is 32.2 Å². The first-order chi connectivity index (χ1) is 13.2. The molecule has 0 saturated heterocycles. The van der Waals surface area contributed by atoms with Crippen molar-refractivity contribution in [1.29, 1.82) is 0 Å². The lowest BCUT2D eigenvalue weighted by atomic mass is 10.2. The molecule has 0 spiro atoms. The van der Waals surface area contributed by atoms with Crippen LogP contribution in [0, 0.1) is 0 Å². The van der Waals surface area contributed by atoms with Crippen LogP contribution in [0.3, 0.4) is 0 Å². The first-order valence-electron chi connectivity index (χ1n) is 8.30. The molecule has 2 aromatic rings. The maximum Gasteiger partial charge on any atom is 0.241 e. The fourth-order valence-corrected chi connectivity index (χ4v) is 3.10. The quantitative estimate of drug-likeness (QED) is 0.657. The molecule has 2 amide bonds. The van der Waals surface area contributed by atoms with E-state index in [1.165, 1.54) is 7.11 Å². The van der Waals surface area contributed by atoms with Crippen LogP contribution in [-0.4, -0.2) is 43.5 Å². The average Bonchev–Trinajstić information content (AvgIpc) is 2.60. The van der Waals surface area contributed by atoms with Crippen LogP contribution in [0.2, 0.25) is 15.1 Å². The lowest BCUT2D eigenvalue weighted by Gasteiger charge is -2.23. The number of amides is 2. The molecule has 0 heterocycles. The number of likely N-dealkylation sites (N-methyl/N-ethyl adjacent to an activating group) is 1. The van der Waals surface area contributed by atoms with Gasteiger partial charge < -0.3 is 15.4 Å². The Morgan fingerprint density at radius 1 is 1.04 bits per heavy atom. The van der Waals surface area contributed by atoms with Gasteiger partial charge in [0.15, 0.2) is 0 Å². The summed E-state index contributed by atoms with van der Waals surface area (Å²) in [5, 5.41) is 6.77. The lowest BCUT2D eigenvalue weighted by molar-refractivity contribution is -0.122. The SMILES string of the molecule is COc1ccc(Cl)cc1NC(=O)CN(C)C(C)C(=O)Nc1cc(Cl)cc(Cl)c1. The summed E-state index contributed by atoms with van der Waals surface area (Å²) in [5.74, 6) is -0.119. The van der Waals surface area contributed by atoms with E-state index in [2.05, 4.69) is 10.6 Å². The number of ether oxygens (including phenoxy) is 1. The number of methoxy groups -OCH3 is 1. The first kappa shape index (κ1) is 22.3. The Bertz CT molecular complexity index is 856. The molecule has 0 saturated carbocycles. The van der Waals surface area contributed by atoms with Crippen LogP contribution in [-0.2, 0) is 9.59 Å². The molecule has 2 N–H and O–H groups in total. The first-order valence-corrected chi connectivity index (χ1v) is 9.43. The Balaban J connectivity index is 1.97. The van der Waals surface area contributed by atoms with Gasteiger partial charge in [-0.1, -0.05) is 34.8 Å². The summed E-state index contributed by atoms with van der Waals surface area (Å²) in [6.45, 7) is 1.68. The topological polar surface area (TPSA) is 70.7 Å². The number of rotatable bonds is 7. The van der Waals surface area contributed by atoms with Crippen LogP contribution >= 0.6 is 34.8 Å². The third kappa shape index (κ3) is 6.27. The predicted molar refractivity (Wildman–Crippen MR) is 114 cm³/mol. The summed E-state index contributed by atoms with van der Waals surface area (Å²) in [4.78, 5) is 26.4. The number of nitrogens with one attached hydrogen (secondary N) is 2. The molecule has 0 bridgehead atoms. The second-order valence-corrected chi connectivity index (χ2v) is 7.44. The smallest absolute Gasteiger partial charge is 0.241 e. The molecule has 2 rings (SSSR count). The summed E-state index contributed by atoms with van der Waals surface area (Å²) in [7, 11) is 3.17. The minimum Gasteiger partial charge on any atom is -0.495 e. The van der Waals surface area contributed by atoms with Crippen LogP contribution in [0.1, 0.15) is 6.92 Å². The van der Waals surface area contributed by atoms with Gasteiger partial charge in [0.2, 0.25) is 11.8 Å². The highest BCUT2D eigenvalue weighted by Crippen LogP contribution is 2.27. The number of hydrogen-bond donors (Lipinski definition) is 2. The average molecular weight is 445 g/mol. The predicted octanol–water partition coefficient (Wildman–Crippen LogP) is 4.55. The minimum atomic E-state index is -0.579. The van der Waals surface area contributed by atoms with E-state index in [-0.39, 0.29) is 18.4 Å². The molecular formula is C19H20Cl3N3O3. The van der Waals surface area contributed by atoms with E-state index in [4.69, 9.17) is 39.5 Å². The van der Waals surface area contributed by atoms with Gasteiger partial charge in [-0.25, -0.2) is 0 Å². The maximum absolute atomic E-state index is 12.5. The Morgan fingerprint density at radius 2 is 1.68 bits per heavy atom. The molecular weight excluding hydrogens is 425 g/mol. The van der Waals surface area contributed by atoms with Crippen LogP contribution < -0.4 is 15.4 Å². The molecule has 0 aromatic heterocycles. The van der Waals surface area contributed by atoms with Crippen molar-refractivity contribution in [1.82, 2.24) is 4.90 Å². The Hall–Kier alpha value is -1.99. The molecule has 0 aliphatic heterocycles. The summed E-state index contributed by atoms with van der Waals surface area (Å²) in [6.07, 6.45) is 0. The van der Waals surface area contributed by atoms with Gasteiger partial charge in [0.1, 0.15) is 5.75 Å². The zero-order chi connectivity index (χ0) is 20.8. The van der Waals surface area contributed by atoms with Crippen LogP contribution in [0.4, 0.5) is 11.4 Å². The largest absolute Gasteiger partial charge is 0.495 e. The highest BCUT2D eigenvalue weighted by molar-refractivity contribution is 6.35. The van der Waals surface area contributed by atoms with Gasteiger partial charge in [-0.2, -0.15) is 0 Å². The molecule has 9 heteroatoms. The molecule has 0 fully saturated rings.